The van der Waals surface area contributed by atoms with Gasteiger partial charge in [0.25, 0.3) is 5.91 Å². The molecule has 1 saturated heterocycles. The summed E-state index contributed by atoms with van der Waals surface area (Å²) in [4.78, 5) is 26.8. The molecular weight excluding hydrogens is 308 g/mol. The lowest BCUT2D eigenvalue weighted by Gasteiger charge is -2.23. The maximum Gasteiger partial charge on any atom is 0.292 e. The van der Waals surface area contributed by atoms with Crippen molar-refractivity contribution in [3.05, 3.63) is 48.3 Å². The number of hydrogen-bond acceptors (Lipinski definition) is 6. The second-order valence-corrected chi connectivity index (χ2v) is 5.73. The van der Waals surface area contributed by atoms with Crippen LogP contribution in [-0.4, -0.2) is 58.2 Å². The summed E-state index contributed by atoms with van der Waals surface area (Å²) in [5.74, 6) is 0.689. The number of carbonyl (C=O) groups is 1. The molecule has 1 aliphatic rings. The molecule has 7 heteroatoms. The van der Waals surface area contributed by atoms with Crippen molar-refractivity contribution < 1.29 is 14.3 Å². The molecular formula is C17H20N4O3. The zero-order chi connectivity index (χ0) is 16.9. The van der Waals surface area contributed by atoms with Crippen LogP contribution in [0.2, 0.25) is 0 Å². The van der Waals surface area contributed by atoms with E-state index in [4.69, 9.17) is 9.47 Å². The van der Waals surface area contributed by atoms with Crippen LogP contribution < -0.4 is 4.74 Å². The fourth-order valence-corrected chi connectivity index (χ4v) is 2.76. The van der Waals surface area contributed by atoms with Crippen LogP contribution in [0.3, 0.4) is 0 Å². The Bertz CT molecular complexity index is 695. The van der Waals surface area contributed by atoms with Crippen molar-refractivity contribution in [3.63, 3.8) is 0 Å². The average molecular weight is 328 g/mol. The van der Waals surface area contributed by atoms with Gasteiger partial charge >= 0.3 is 0 Å². The van der Waals surface area contributed by atoms with Gasteiger partial charge in [0.05, 0.1) is 18.3 Å². The molecule has 0 bridgehead atoms. The normalized spacial score (nSPS) is 20.2. The van der Waals surface area contributed by atoms with Crippen LogP contribution in [0.15, 0.2) is 36.8 Å². The van der Waals surface area contributed by atoms with E-state index >= 15 is 0 Å². The first-order valence-electron chi connectivity index (χ1n) is 7.83. The number of amides is 1. The number of methoxy groups -OCH3 is 1. The lowest BCUT2D eigenvalue weighted by Crippen LogP contribution is -2.40. The number of aromatic nitrogens is 3. The van der Waals surface area contributed by atoms with Gasteiger partial charge in [0.15, 0.2) is 0 Å². The predicted octanol–water partition coefficient (Wildman–Crippen LogP) is 1.49. The molecule has 3 heterocycles. The first kappa shape index (κ1) is 16.3. The van der Waals surface area contributed by atoms with E-state index < -0.39 is 0 Å². The second-order valence-electron chi connectivity index (χ2n) is 5.73. The molecule has 24 heavy (non-hydrogen) atoms. The Balaban J connectivity index is 1.72. The fraction of sp³-hybridized carbons (Fsp3) is 0.412. The highest BCUT2D eigenvalue weighted by Gasteiger charge is 2.37. The van der Waals surface area contributed by atoms with Crippen LogP contribution in [0.1, 0.15) is 22.7 Å². The SMILES string of the molecule is CO[C@@H]1C[C@@H](COc2cccnc2)N(C(=O)c2nccc(C)n2)C1. The van der Waals surface area contributed by atoms with Crippen LogP contribution in [-0.2, 0) is 4.74 Å². The Morgan fingerprint density at radius 1 is 1.38 bits per heavy atom. The van der Waals surface area contributed by atoms with Crippen molar-refractivity contribution in [2.75, 3.05) is 20.3 Å². The highest BCUT2D eigenvalue weighted by molar-refractivity contribution is 5.91. The molecule has 0 spiro atoms. The molecule has 0 saturated carbocycles. The first-order valence-corrected chi connectivity index (χ1v) is 7.83. The third kappa shape index (κ3) is 3.68. The number of likely N-dealkylation sites (tertiary alicyclic amines) is 1. The summed E-state index contributed by atoms with van der Waals surface area (Å²) in [6.07, 6.45) is 5.64. The number of rotatable bonds is 5. The van der Waals surface area contributed by atoms with Gasteiger partial charge in [-0.25, -0.2) is 9.97 Å². The Labute approximate surface area is 140 Å². The van der Waals surface area contributed by atoms with Crippen LogP contribution >= 0.6 is 0 Å². The molecule has 2 aromatic heterocycles. The Hall–Kier alpha value is -2.54. The van der Waals surface area contributed by atoms with Crippen molar-refractivity contribution >= 4 is 5.91 Å². The summed E-state index contributed by atoms with van der Waals surface area (Å²) in [5, 5.41) is 0. The molecule has 3 rings (SSSR count). The summed E-state index contributed by atoms with van der Waals surface area (Å²) in [6, 6.07) is 5.32. The van der Waals surface area contributed by atoms with Gasteiger partial charge in [-0.05, 0) is 31.5 Å². The molecule has 0 radical (unpaired) electrons. The van der Waals surface area contributed by atoms with Gasteiger partial charge in [0.2, 0.25) is 5.82 Å². The van der Waals surface area contributed by atoms with Gasteiger partial charge in [0.1, 0.15) is 12.4 Å². The van der Waals surface area contributed by atoms with Gasteiger partial charge in [-0.15, -0.1) is 0 Å². The van der Waals surface area contributed by atoms with Gasteiger partial charge in [-0.2, -0.15) is 0 Å². The van der Waals surface area contributed by atoms with Gasteiger partial charge in [0, 0.05) is 31.7 Å². The fourth-order valence-electron chi connectivity index (χ4n) is 2.76. The van der Waals surface area contributed by atoms with E-state index in [0.29, 0.717) is 25.3 Å². The summed E-state index contributed by atoms with van der Waals surface area (Å²) in [6.45, 7) is 2.72. The summed E-state index contributed by atoms with van der Waals surface area (Å²) in [5.41, 5.74) is 0.763. The monoisotopic (exact) mass is 328 g/mol. The van der Waals surface area contributed by atoms with Gasteiger partial charge in [-0.3, -0.25) is 9.78 Å². The van der Waals surface area contributed by atoms with Crippen LogP contribution in [0.5, 0.6) is 5.75 Å². The summed E-state index contributed by atoms with van der Waals surface area (Å²) < 4.78 is 11.2. The molecule has 0 aromatic carbocycles. The van der Waals surface area contributed by atoms with Crippen molar-refractivity contribution in [2.24, 2.45) is 0 Å². The van der Waals surface area contributed by atoms with Crippen LogP contribution in [0.25, 0.3) is 0 Å². The number of carbonyl (C=O) groups excluding carboxylic acids is 1. The number of pyridine rings is 1. The zero-order valence-electron chi connectivity index (χ0n) is 13.8. The van der Waals surface area contributed by atoms with Gasteiger partial charge in [-0.1, -0.05) is 0 Å². The molecule has 126 valence electrons. The van der Waals surface area contributed by atoms with Crippen molar-refractivity contribution in [2.45, 2.75) is 25.5 Å². The number of nitrogens with zero attached hydrogens (tertiary/aromatic N) is 4. The average Bonchev–Trinajstić information content (AvgIpc) is 3.03. The lowest BCUT2D eigenvalue weighted by molar-refractivity contribution is 0.0645. The Kier molecular flexibility index (Phi) is 5.00. The minimum Gasteiger partial charge on any atom is -0.490 e. The van der Waals surface area contributed by atoms with Crippen molar-refractivity contribution in [1.82, 2.24) is 19.9 Å². The predicted molar refractivity (Wildman–Crippen MR) is 86.7 cm³/mol. The molecule has 0 N–H and O–H groups in total. The molecule has 0 unspecified atom stereocenters. The molecule has 1 fully saturated rings. The van der Waals surface area contributed by atoms with Crippen molar-refractivity contribution in [1.29, 1.82) is 0 Å². The molecule has 1 amide bonds. The third-order valence-corrected chi connectivity index (χ3v) is 4.03. The number of hydrogen-bond donors (Lipinski definition) is 0. The van der Waals surface area contributed by atoms with E-state index in [-0.39, 0.29) is 23.9 Å². The maximum absolute atomic E-state index is 12.8. The highest BCUT2D eigenvalue weighted by atomic mass is 16.5. The Morgan fingerprint density at radius 3 is 2.96 bits per heavy atom. The lowest BCUT2D eigenvalue weighted by atomic mass is 10.2. The molecule has 2 aromatic rings. The Morgan fingerprint density at radius 2 is 2.25 bits per heavy atom. The maximum atomic E-state index is 12.8. The zero-order valence-corrected chi connectivity index (χ0v) is 13.8. The first-order chi connectivity index (χ1) is 11.7. The number of aryl methyl sites for hydroxylation is 1. The third-order valence-electron chi connectivity index (χ3n) is 4.03. The standard InChI is InChI=1S/C17H20N4O3/c1-12-5-7-19-16(20-12)17(22)21-10-15(23-2)8-13(21)11-24-14-4-3-6-18-9-14/h3-7,9,13,15H,8,10-11H2,1-2H3/t13-,15+/m0/s1. The van der Waals surface area contributed by atoms with Crippen molar-refractivity contribution in [3.8, 4) is 5.75 Å². The second kappa shape index (κ2) is 7.35. The van der Waals surface area contributed by atoms with E-state index in [1.165, 1.54) is 0 Å². The van der Waals surface area contributed by atoms with Gasteiger partial charge < -0.3 is 14.4 Å². The van der Waals surface area contributed by atoms with E-state index in [9.17, 15) is 4.79 Å². The quantitative estimate of drug-likeness (QED) is 0.827. The van der Waals surface area contributed by atoms with Crippen LogP contribution in [0.4, 0.5) is 0 Å². The largest absolute Gasteiger partial charge is 0.490 e. The minimum atomic E-state index is -0.196. The van der Waals surface area contributed by atoms with Crippen LogP contribution in [0, 0.1) is 6.92 Å². The number of ether oxygens (including phenoxy) is 2. The van der Waals surface area contributed by atoms with E-state index in [0.717, 1.165) is 5.69 Å². The van der Waals surface area contributed by atoms with E-state index in [2.05, 4.69) is 15.0 Å². The smallest absolute Gasteiger partial charge is 0.292 e. The molecule has 1 aliphatic heterocycles. The summed E-state index contributed by atoms with van der Waals surface area (Å²) >= 11 is 0. The minimum absolute atomic E-state index is 0.0127. The topological polar surface area (TPSA) is 77.4 Å². The molecule has 7 nitrogen and oxygen atoms in total. The van der Waals surface area contributed by atoms with E-state index in [1.807, 2.05) is 19.1 Å². The molecule has 0 aliphatic carbocycles. The summed E-state index contributed by atoms with van der Waals surface area (Å²) in [7, 11) is 1.65. The highest BCUT2D eigenvalue weighted by Crippen LogP contribution is 2.22. The van der Waals surface area contributed by atoms with E-state index in [1.54, 1.807) is 36.7 Å². The molecule has 2 atom stereocenters.